The number of piperazine rings is 1. The Bertz CT molecular complexity index is 1230. The van der Waals surface area contributed by atoms with E-state index in [4.69, 9.17) is 20.8 Å². The second-order valence-corrected chi connectivity index (χ2v) is 8.22. The topological polar surface area (TPSA) is 95.3 Å². The minimum Gasteiger partial charge on any atom is -0.495 e. The molecular formula is C23H24ClN7O2. The van der Waals surface area contributed by atoms with Gasteiger partial charge < -0.3 is 29.3 Å². The third kappa shape index (κ3) is 4.50. The van der Waals surface area contributed by atoms with Crippen molar-refractivity contribution in [2.24, 2.45) is 0 Å². The number of aromatic nitrogens is 4. The molecule has 0 spiro atoms. The van der Waals surface area contributed by atoms with Gasteiger partial charge in [0.2, 0.25) is 5.95 Å². The Balaban J connectivity index is 1.37. The van der Waals surface area contributed by atoms with Crippen LogP contribution in [0.2, 0.25) is 5.02 Å². The molecule has 1 fully saturated rings. The van der Waals surface area contributed by atoms with Crippen LogP contribution >= 0.6 is 11.6 Å². The van der Waals surface area contributed by atoms with Crippen LogP contribution in [0.4, 0.5) is 17.3 Å². The van der Waals surface area contributed by atoms with Crippen LogP contribution < -0.4 is 15.0 Å². The summed E-state index contributed by atoms with van der Waals surface area (Å²) in [4.78, 5) is 20.7. The summed E-state index contributed by atoms with van der Waals surface area (Å²) >= 11 is 6.37. The van der Waals surface area contributed by atoms with Crippen molar-refractivity contribution >= 4 is 28.9 Å². The maximum absolute atomic E-state index is 6.37. The Labute approximate surface area is 196 Å². The van der Waals surface area contributed by atoms with Crippen molar-refractivity contribution in [2.45, 2.75) is 0 Å². The number of hydrogen-bond donors (Lipinski definition) is 2. The largest absolute Gasteiger partial charge is 0.495 e. The first kappa shape index (κ1) is 21.3. The number of halogens is 1. The summed E-state index contributed by atoms with van der Waals surface area (Å²) in [6, 6.07) is 9.66. The summed E-state index contributed by atoms with van der Waals surface area (Å²) in [5, 5.41) is 3.64. The first-order valence-corrected chi connectivity index (χ1v) is 11.0. The van der Waals surface area contributed by atoms with Crippen LogP contribution in [0.15, 0.2) is 53.5 Å². The fourth-order valence-electron chi connectivity index (χ4n) is 3.79. The molecule has 4 aromatic rings. The predicted octanol–water partition coefficient (Wildman–Crippen LogP) is 4.28. The number of imidazole rings is 1. The second-order valence-electron chi connectivity index (χ2n) is 7.81. The molecule has 1 saturated heterocycles. The molecule has 0 amide bonds. The molecule has 0 saturated carbocycles. The van der Waals surface area contributed by atoms with Crippen molar-refractivity contribution in [2.75, 3.05) is 50.6 Å². The van der Waals surface area contributed by atoms with E-state index in [0.717, 1.165) is 43.3 Å². The van der Waals surface area contributed by atoms with E-state index >= 15 is 0 Å². The molecule has 0 atom stereocenters. The smallest absolute Gasteiger partial charge is 0.227 e. The summed E-state index contributed by atoms with van der Waals surface area (Å²) in [5.41, 5.74) is 3.10. The Morgan fingerprint density at radius 2 is 1.91 bits per heavy atom. The van der Waals surface area contributed by atoms with Crippen LogP contribution in [0.3, 0.4) is 0 Å². The molecule has 0 bridgehead atoms. The highest BCUT2D eigenvalue weighted by Crippen LogP contribution is 2.34. The fourth-order valence-corrected chi connectivity index (χ4v) is 3.98. The number of furan rings is 1. The molecule has 9 nitrogen and oxygen atoms in total. The van der Waals surface area contributed by atoms with Gasteiger partial charge in [-0.2, -0.15) is 0 Å². The van der Waals surface area contributed by atoms with Crippen LogP contribution in [0.5, 0.6) is 5.75 Å². The molecule has 33 heavy (non-hydrogen) atoms. The van der Waals surface area contributed by atoms with Gasteiger partial charge in [-0.3, -0.25) is 0 Å². The molecule has 1 aliphatic heterocycles. The highest BCUT2D eigenvalue weighted by Gasteiger charge is 2.19. The van der Waals surface area contributed by atoms with Crippen LogP contribution in [-0.2, 0) is 0 Å². The molecule has 170 valence electrons. The lowest BCUT2D eigenvalue weighted by Gasteiger charge is -2.34. The van der Waals surface area contributed by atoms with Crippen LogP contribution in [0, 0.1) is 0 Å². The number of nitrogens with one attached hydrogen (secondary N) is 2. The van der Waals surface area contributed by atoms with E-state index in [1.165, 1.54) is 0 Å². The van der Waals surface area contributed by atoms with Gasteiger partial charge in [0.15, 0.2) is 11.5 Å². The maximum atomic E-state index is 6.37. The first-order chi connectivity index (χ1) is 16.1. The van der Waals surface area contributed by atoms with Gasteiger partial charge in [0, 0.05) is 44.1 Å². The third-order valence-corrected chi connectivity index (χ3v) is 5.89. The lowest BCUT2D eigenvalue weighted by molar-refractivity contribution is 0.311. The predicted molar refractivity (Wildman–Crippen MR) is 128 cm³/mol. The van der Waals surface area contributed by atoms with Gasteiger partial charge in [0.25, 0.3) is 0 Å². The molecule has 1 aromatic carbocycles. The van der Waals surface area contributed by atoms with Gasteiger partial charge in [-0.05, 0) is 31.3 Å². The Kier molecular flexibility index (Phi) is 5.89. The zero-order chi connectivity index (χ0) is 22.8. The molecule has 3 aromatic heterocycles. The zero-order valence-electron chi connectivity index (χ0n) is 18.4. The van der Waals surface area contributed by atoms with Crippen LogP contribution in [0.25, 0.3) is 22.9 Å². The van der Waals surface area contributed by atoms with E-state index in [0.29, 0.717) is 33.9 Å². The number of nitrogens with zero attached hydrogens (tertiary/aromatic N) is 5. The minimum absolute atomic E-state index is 0.395. The van der Waals surface area contributed by atoms with E-state index < -0.39 is 0 Å². The van der Waals surface area contributed by atoms with Crippen molar-refractivity contribution in [3.05, 3.63) is 54.1 Å². The third-order valence-electron chi connectivity index (χ3n) is 5.61. The standard InChI is InChI=1S/C23H24ClN7O2/c1-30-7-9-31(10-8-30)18-4-3-15(11-21(18)32-2)28-23-26-12-16(24)22(29-23)20-6-5-19(33-20)17-13-25-14-27-17/h3-6,11-14H,7-10H2,1-2H3,(H,25,27)(H,26,28,29). The van der Waals surface area contributed by atoms with Gasteiger partial charge >= 0.3 is 0 Å². The molecule has 0 unspecified atom stereocenters. The SMILES string of the molecule is COc1cc(Nc2ncc(Cl)c(-c3ccc(-c4c[nH]cn4)o3)n2)ccc1N1CCN(C)CC1. The highest BCUT2D eigenvalue weighted by atomic mass is 35.5. The minimum atomic E-state index is 0.395. The lowest BCUT2D eigenvalue weighted by Crippen LogP contribution is -2.44. The Hall–Kier alpha value is -3.56. The van der Waals surface area contributed by atoms with Gasteiger partial charge in [0.05, 0.1) is 30.3 Å². The molecule has 10 heteroatoms. The molecule has 2 N–H and O–H groups in total. The Morgan fingerprint density at radius 3 is 2.67 bits per heavy atom. The molecule has 0 aliphatic carbocycles. The Morgan fingerprint density at radius 1 is 1.09 bits per heavy atom. The number of anilines is 3. The van der Waals surface area contributed by atoms with E-state index in [1.807, 2.05) is 24.3 Å². The van der Waals surface area contributed by atoms with Gasteiger partial charge in [-0.1, -0.05) is 11.6 Å². The van der Waals surface area contributed by atoms with E-state index in [1.54, 1.807) is 25.8 Å². The van der Waals surface area contributed by atoms with Crippen molar-refractivity contribution in [3.8, 4) is 28.7 Å². The van der Waals surface area contributed by atoms with E-state index in [9.17, 15) is 0 Å². The maximum Gasteiger partial charge on any atom is 0.227 e. The average Bonchev–Trinajstić information content (AvgIpc) is 3.53. The van der Waals surface area contributed by atoms with Crippen molar-refractivity contribution < 1.29 is 9.15 Å². The van der Waals surface area contributed by atoms with Crippen LogP contribution in [0.1, 0.15) is 0 Å². The fraction of sp³-hybridized carbons (Fsp3) is 0.261. The monoisotopic (exact) mass is 465 g/mol. The van der Waals surface area contributed by atoms with Gasteiger partial charge in [0.1, 0.15) is 17.1 Å². The quantitative estimate of drug-likeness (QED) is 0.435. The number of ether oxygens (including phenoxy) is 1. The first-order valence-electron chi connectivity index (χ1n) is 10.6. The summed E-state index contributed by atoms with van der Waals surface area (Å²) in [7, 11) is 3.83. The lowest BCUT2D eigenvalue weighted by atomic mass is 10.2. The summed E-state index contributed by atoms with van der Waals surface area (Å²) in [6.45, 7) is 3.98. The number of hydrogen-bond acceptors (Lipinski definition) is 8. The second kappa shape index (κ2) is 9.13. The molecule has 0 radical (unpaired) electrons. The van der Waals surface area contributed by atoms with Crippen molar-refractivity contribution in [1.82, 2.24) is 24.8 Å². The molecular weight excluding hydrogens is 442 g/mol. The number of H-pyrrole nitrogens is 1. The summed E-state index contributed by atoms with van der Waals surface area (Å²) in [6.07, 6.45) is 4.91. The number of benzene rings is 1. The number of rotatable bonds is 6. The number of methoxy groups -OCH3 is 1. The zero-order valence-corrected chi connectivity index (χ0v) is 19.1. The highest BCUT2D eigenvalue weighted by molar-refractivity contribution is 6.32. The van der Waals surface area contributed by atoms with Gasteiger partial charge in [-0.15, -0.1) is 0 Å². The number of aromatic amines is 1. The molecule has 5 rings (SSSR count). The summed E-state index contributed by atoms with van der Waals surface area (Å²) < 4.78 is 11.6. The average molecular weight is 466 g/mol. The van der Waals surface area contributed by atoms with Crippen LogP contribution in [-0.4, -0.2) is 65.2 Å². The van der Waals surface area contributed by atoms with Gasteiger partial charge in [-0.25, -0.2) is 15.0 Å². The normalized spacial score (nSPS) is 14.5. The van der Waals surface area contributed by atoms with Crippen molar-refractivity contribution in [1.29, 1.82) is 0 Å². The molecule has 4 heterocycles. The van der Waals surface area contributed by atoms with Crippen molar-refractivity contribution in [3.63, 3.8) is 0 Å². The molecule has 1 aliphatic rings. The number of likely N-dealkylation sites (N-methyl/N-ethyl adjacent to an activating group) is 1. The van der Waals surface area contributed by atoms with E-state index in [2.05, 4.69) is 48.2 Å². The van der Waals surface area contributed by atoms with E-state index in [-0.39, 0.29) is 0 Å². The summed E-state index contributed by atoms with van der Waals surface area (Å²) in [5.74, 6) is 2.36.